The molecule has 0 unspecified atom stereocenters. The van der Waals surface area contributed by atoms with Crippen molar-refractivity contribution in [2.24, 2.45) is 23.7 Å². The van der Waals surface area contributed by atoms with Crippen LogP contribution in [0.1, 0.15) is 93.4 Å². The van der Waals surface area contributed by atoms with Crippen LogP contribution in [-0.2, 0) is 38.0 Å². The molecule has 4 saturated heterocycles. The van der Waals surface area contributed by atoms with Crippen molar-refractivity contribution in [2.75, 3.05) is 13.7 Å². The SMILES string of the molecule is CC[C@H](C)[C@H]1O[C@]2(CC[C@@H]1C)C[C@@H]1C[C@@H](C/C=C(\C)[C@@H](O[C@H]3C[C@H](OC)[C@@H](O)[C@H](C)O3)[C@@H](C)/C=C/C=C3\CO[C@@H]4[C@H](O)C(C)=C[C@@H](C(=O)O1)[C@@]34O)O2. The van der Waals surface area contributed by atoms with E-state index in [9.17, 15) is 20.1 Å². The van der Waals surface area contributed by atoms with Crippen molar-refractivity contribution in [3.8, 4) is 0 Å². The predicted molar refractivity (Wildman–Crippen MR) is 193 cm³/mol. The second kappa shape index (κ2) is 16.0. The molecule has 1 aliphatic carbocycles. The molecule has 52 heavy (non-hydrogen) atoms. The maximum Gasteiger partial charge on any atom is 0.316 e. The molecule has 11 heteroatoms. The zero-order chi connectivity index (χ0) is 37.5. The number of hydrogen-bond acceptors (Lipinski definition) is 11. The Morgan fingerprint density at radius 1 is 1.08 bits per heavy atom. The van der Waals surface area contributed by atoms with E-state index in [0.717, 1.165) is 18.4 Å². The number of ether oxygens (including phenoxy) is 7. The number of fused-ring (bicyclic) bond motifs is 2. The zero-order valence-electron chi connectivity index (χ0n) is 32.2. The van der Waals surface area contributed by atoms with Gasteiger partial charge in [0.1, 0.15) is 35.9 Å². The lowest BCUT2D eigenvalue weighted by Gasteiger charge is -2.51. The van der Waals surface area contributed by atoms with Crippen molar-refractivity contribution in [3.05, 3.63) is 47.1 Å². The number of aliphatic hydroxyl groups excluding tert-OH is 2. The van der Waals surface area contributed by atoms with Gasteiger partial charge >= 0.3 is 5.97 Å². The lowest BCUT2D eigenvalue weighted by molar-refractivity contribution is -0.340. The normalized spacial score (nSPS) is 49.1. The Bertz CT molecular complexity index is 1400. The molecular weight excluding hydrogens is 668 g/mol. The van der Waals surface area contributed by atoms with Gasteiger partial charge in [0.15, 0.2) is 12.1 Å². The molecule has 0 aromatic rings. The van der Waals surface area contributed by atoms with Crippen molar-refractivity contribution in [3.63, 3.8) is 0 Å². The summed E-state index contributed by atoms with van der Waals surface area (Å²) in [5.41, 5.74) is 0.238. The van der Waals surface area contributed by atoms with Crippen LogP contribution >= 0.6 is 0 Å². The van der Waals surface area contributed by atoms with Gasteiger partial charge in [-0.15, -0.1) is 0 Å². The van der Waals surface area contributed by atoms with Crippen LogP contribution < -0.4 is 0 Å². The molecule has 4 fully saturated rings. The molecule has 1 spiro atoms. The highest BCUT2D eigenvalue weighted by Gasteiger charge is 2.60. The maximum atomic E-state index is 14.2. The Balaban J connectivity index is 1.37. The van der Waals surface area contributed by atoms with Crippen LogP contribution in [-0.4, -0.2) is 108 Å². The van der Waals surface area contributed by atoms with E-state index in [1.807, 2.05) is 26.0 Å². The highest BCUT2D eigenvalue weighted by molar-refractivity contribution is 5.78. The van der Waals surface area contributed by atoms with E-state index in [1.165, 1.54) is 0 Å². The van der Waals surface area contributed by atoms with Gasteiger partial charge in [0.25, 0.3) is 0 Å². The van der Waals surface area contributed by atoms with Crippen molar-refractivity contribution in [1.29, 1.82) is 0 Å². The number of rotatable bonds is 5. The summed E-state index contributed by atoms with van der Waals surface area (Å²) in [6.45, 7) is 14.3. The lowest BCUT2D eigenvalue weighted by Crippen LogP contribution is -2.58. The van der Waals surface area contributed by atoms with Gasteiger partial charge in [0, 0.05) is 38.7 Å². The number of carbonyl (C=O) groups is 1. The van der Waals surface area contributed by atoms with Gasteiger partial charge in [-0.2, -0.15) is 0 Å². The minimum Gasteiger partial charge on any atom is -0.462 e. The van der Waals surface area contributed by atoms with E-state index in [-0.39, 0.29) is 24.7 Å². The summed E-state index contributed by atoms with van der Waals surface area (Å²) in [6, 6.07) is 0. The van der Waals surface area contributed by atoms with Gasteiger partial charge in [-0.25, -0.2) is 0 Å². The van der Waals surface area contributed by atoms with Crippen molar-refractivity contribution < 1.29 is 53.3 Å². The molecule has 6 aliphatic rings. The van der Waals surface area contributed by atoms with Crippen molar-refractivity contribution in [1.82, 2.24) is 0 Å². The maximum absolute atomic E-state index is 14.2. The standard InChI is InChI=1S/C41H62O11/c1-9-22(2)37-25(5)15-16-40(52-37)20-30-18-29(51-40)14-13-24(4)36(50-33-19-32(46-8)35(43)27(7)48-33)23(3)11-10-12-28-21-47-38-34(42)26(6)17-31(39(44)49-30)41(28,38)45/h10-13,17,22-23,25,27,29-38,42-43,45H,9,14-16,18-21H2,1-8H3/b11-10+,24-13+,28-12+/t22-,23-,25-,27-,29+,30-,31-,32-,33-,34+,35-,36-,37+,38+,40+,41-/m0/s1. The van der Waals surface area contributed by atoms with Gasteiger partial charge in [0.2, 0.25) is 0 Å². The third kappa shape index (κ3) is 7.77. The number of esters is 1. The first kappa shape index (κ1) is 39.8. The van der Waals surface area contributed by atoms with Crippen LogP contribution in [0.4, 0.5) is 0 Å². The molecule has 0 saturated carbocycles. The fourth-order valence-electron chi connectivity index (χ4n) is 9.27. The number of methoxy groups -OCH3 is 1. The second-order valence-corrected chi connectivity index (χ2v) is 16.5. The molecule has 3 N–H and O–H groups in total. The van der Waals surface area contributed by atoms with Crippen LogP contribution in [0, 0.1) is 23.7 Å². The van der Waals surface area contributed by atoms with Crippen LogP contribution in [0.15, 0.2) is 47.1 Å². The smallest absolute Gasteiger partial charge is 0.316 e. The Labute approximate surface area is 309 Å². The molecule has 292 valence electrons. The monoisotopic (exact) mass is 730 g/mol. The Morgan fingerprint density at radius 2 is 1.85 bits per heavy atom. The van der Waals surface area contributed by atoms with E-state index < -0.39 is 72.3 Å². The summed E-state index contributed by atoms with van der Waals surface area (Å²) in [7, 11) is 1.58. The minimum atomic E-state index is -1.80. The lowest BCUT2D eigenvalue weighted by atomic mass is 9.71. The molecule has 0 amide bonds. The summed E-state index contributed by atoms with van der Waals surface area (Å²) in [4.78, 5) is 14.2. The predicted octanol–water partition coefficient (Wildman–Crippen LogP) is 5.07. The summed E-state index contributed by atoms with van der Waals surface area (Å²) in [6.07, 6.45) is 8.24. The Hall–Kier alpha value is -1.93. The van der Waals surface area contributed by atoms with Crippen LogP contribution in [0.25, 0.3) is 0 Å². The summed E-state index contributed by atoms with van der Waals surface area (Å²) < 4.78 is 44.6. The van der Waals surface area contributed by atoms with Crippen LogP contribution in [0.5, 0.6) is 0 Å². The van der Waals surface area contributed by atoms with E-state index in [4.69, 9.17) is 33.2 Å². The molecule has 0 aromatic carbocycles. The van der Waals surface area contributed by atoms with Gasteiger partial charge in [-0.1, -0.05) is 64.5 Å². The van der Waals surface area contributed by atoms with Crippen LogP contribution in [0.2, 0.25) is 0 Å². The van der Waals surface area contributed by atoms with E-state index in [1.54, 1.807) is 26.2 Å². The highest BCUT2D eigenvalue weighted by atomic mass is 16.7. The topological polar surface area (TPSA) is 142 Å². The largest absolute Gasteiger partial charge is 0.462 e. The summed E-state index contributed by atoms with van der Waals surface area (Å²) >= 11 is 0. The van der Waals surface area contributed by atoms with Gasteiger partial charge in [-0.3, -0.25) is 4.79 Å². The molecule has 6 rings (SSSR count). The van der Waals surface area contributed by atoms with E-state index in [0.29, 0.717) is 55.1 Å². The quantitative estimate of drug-likeness (QED) is 0.258. The van der Waals surface area contributed by atoms with E-state index in [2.05, 4.69) is 33.8 Å². The van der Waals surface area contributed by atoms with E-state index >= 15 is 0 Å². The van der Waals surface area contributed by atoms with Crippen molar-refractivity contribution in [2.45, 2.75) is 166 Å². The average Bonchev–Trinajstić information content (AvgIpc) is 3.45. The molecular formula is C41H62O11. The second-order valence-electron chi connectivity index (χ2n) is 16.5. The first-order valence-electron chi connectivity index (χ1n) is 19.5. The molecule has 5 aliphatic heterocycles. The average molecular weight is 731 g/mol. The van der Waals surface area contributed by atoms with Crippen LogP contribution in [0.3, 0.4) is 0 Å². The molecule has 11 nitrogen and oxygen atoms in total. The molecule has 16 atom stereocenters. The molecule has 2 bridgehead atoms. The van der Waals surface area contributed by atoms with Crippen molar-refractivity contribution >= 4 is 5.97 Å². The first-order chi connectivity index (χ1) is 24.7. The van der Waals surface area contributed by atoms with Gasteiger partial charge < -0.3 is 48.5 Å². The summed E-state index contributed by atoms with van der Waals surface area (Å²) in [5.74, 6) is -1.98. The Kier molecular flexibility index (Phi) is 12.3. The third-order valence-corrected chi connectivity index (χ3v) is 12.7. The molecule has 0 radical (unpaired) electrons. The Morgan fingerprint density at radius 3 is 2.58 bits per heavy atom. The zero-order valence-corrected chi connectivity index (χ0v) is 32.2. The number of aliphatic hydroxyl groups is 3. The number of carbonyl (C=O) groups excluding carboxylic acids is 1. The fraction of sp³-hybridized carbons (Fsp3) is 0.780. The molecule has 0 aromatic heterocycles. The minimum absolute atomic E-state index is 0.0111. The third-order valence-electron chi connectivity index (χ3n) is 12.7. The highest BCUT2D eigenvalue weighted by Crippen LogP contribution is 2.48. The van der Waals surface area contributed by atoms with Gasteiger partial charge in [0.05, 0.1) is 37.1 Å². The fourth-order valence-corrected chi connectivity index (χ4v) is 9.27. The van der Waals surface area contributed by atoms with Gasteiger partial charge in [-0.05, 0) is 62.2 Å². The summed E-state index contributed by atoms with van der Waals surface area (Å²) in [5, 5.41) is 34.1. The number of allylic oxidation sites excluding steroid dienone is 2. The molecule has 5 heterocycles. The number of hydrogen-bond donors (Lipinski definition) is 3. The first-order valence-corrected chi connectivity index (χ1v) is 19.5.